The van der Waals surface area contributed by atoms with Crippen molar-refractivity contribution in [1.82, 2.24) is 0 Å². The van der Waals surface area contributed by atoms with Gasteiger partial charge in [-0.3, -0.25) is 0 Å². The maximum Gasteiger partial charge on any atom is 0.0434 e. The summed E-state index contributed by atoms with van der Waals surface area (Å²) in [6.07, 6.45) is 0. The smallest absolute Gasteiger partial charge is 0.0434 e. The van der Waals surface area contributed by atoms with Gasteiger partial charge in [-0.2, -0.15) is 0 Å². The normalized spacial score (nSPS) is 12.0. The van der Waals surface area contributed by atoms with Crippen molar-refractivity contribution in [3.63, 3.8) is 0 Å². The first-order chi connectivity index (χ1) is 74.3. The highest BCUT2D eigenvalue weighted by atomic mass is 32.1. The van der Waals surface area contributed by atoms with Gasteiger partial charge in [0.1, 0.15) is 0 Å². The summed E-state index contributed by atoms with van der Waals surface area (Å²) in [6.45, 7) is 0. The largest absolute Gasteiger partial charge is 0.135 e. The fourth-order valence-corrected chi connectivity index (χ4v) is 31.3. The summed E-state index contributed by atoms with van der Waals surface area (Å²) in [7, 11) is 0. The number of rotatable bonds is 9. The van der Waals surface area contributed by atoms with Crippen molar-refractivity contribution < 1.29 is 0 Å². The Morgan fingerprint density at radius 2 is 0.313 bits per heavy atom. The maximum atomic E-state index is 2.43. The molecular weight excluding hydrogens is 1920 g/mol. The number of hydrogen-bond acceptors (Lipinski definition) is 6. The van der Waals surface area contributed by atoms with Crippen molar-refractivity contribution in [2.75, 3.05) is 0 Å². The van der Waals surface area contributed by atoms with Gasteiger partial charge < -0.3 is 0 Å². The molecule has 150 heavy (non-hydrogen) atoms. The molecule has 6 heterocycles. The van der Waals surface area contributed by atoms with Gasteiger partial charge in [0.25, 0.3) is 0 Å². The first-order valence-corrected chi connectivity index (χ1v) is 56.1. The van der Waals surface area contributed by atoms with Gasteiger partial charge in [-0.25, -0.2) is 0 Å². The summed E-state index contributed by atoms with van der Waals surface area (Å²) in [4.78, 5) is 0. The Labute approximate surface area is 887 Å². The predicted molar refractivity (Wildman–Crippen MR) is 663 cm³/mol. The van der Waals surface area contributed by atoms with Crippen LogP contribution >= 0.6 is 68.0 Å². The summed E-state index contributed by atoms with van der Waals surface area (Å²) >= 11 is 11.4. The molecule has 0 amide bonds. The first-order valence-electron chi connectivity index (χ1n) is 51.2. The highest BCUT2D eigenvalue weighted by Gasteiger charge is 2.25. The lowest BCUT2D eigenvalue weighted by molar-refractivity contribution is 1.63. The van der Waals surface area contributed by atoms with E-state index in [0.29, 0.717) is 0 Å². The van der Waals surface area contributed by atoms with Gasteiger partial charge >= 0.3 is 0 Å². The second-order valence-corrected chi connectivity index (χ2v) is 46.1. The fourth-order valence-electron chi connectivity index (χ4n) is 24.4. The SMILES string of the molecule is c1ccc(-c2c3ccccc3c(-c3ccc(-c4ccc5sc6cc7c(ccc8c9ccccc9sc78)cc6c5c4)cc3)c3ccccc23)cc1.c1ccc(-c2c3ccccc3c(-c3ccc(-c4ccc5sc6cc7c(ccc8sc9ccccc9c87)cc6c5c4)cc3)c3ccccc23)cc1.c1ccc(-c2c3ccccc3c(-c3ccc(-c4ccc5sc6cc7cc8sc9ccccc9c8cc7cc6c5c4)cc3)c3ccccc23)cc1. The van der Waals surface area contributed by atoms with Gasteiger partial charge in [0, 0.05) is 126 Å². The molecule has 33 rings (SSSR count). The molecule has 0 radical (unpaired) electrons. The number of fused-ring (bicyclic) bond motifs is 29. The van der Waals surface area contributed by atoms with Crippen LogP contribution in [0.1, 0.15) is 0 Å². The monoisotopic (exact) mass is 2000 g/mol. The topological polar surface area (TPSA) is 0 Å². The van der Waals surface area contributed by atoms with E-state index in [1.54, 1.807) is 0 Å². The molecule has 33 aromatic rings. The van der Waals surface area contributed by atoms with Crippen molar-refractivity contribution in [3.8, 4) is 100 Å². The van der Waals surface area contributed by atoms with Crippen molar-refractivity contribution in [1.29, 1.82) is 0 Å². The average molecular weight is 2010 g/mol. The fraction of sp³-hybridized carbons (Fsp3) is 0. The Balaban J connectivity index is 0.000000101. The third-order valence-corrected chi connectivity index (χ3v) is 38.2. The van der Waals surface area contributed by atoms with Gasteiger partial charge in [-0.1, -0.05) is 400 Å². The molecule has 0 aliphatic rings. The number of hydrogen-bond donors (Lipinski definition) is 0. The minimum absolute atomic E-state index is 1.23. The molecule has 0 saturated heterocycles. The highest BCUT2D eigenvalue weighted by Crippen LogP contribution is 2.54. The van der Waals surface area contributed by atoms with E-state index >= 15 is 0 Å². The van der Waals surface area contributed by atoms with Crippen LogP contribution in [-0.2, 0) is 0 Å². The van der Waals surface area contributed by atoms with Crippen molar-refractivity contribution in [2.45, 2.75) is 0 Å². The molecule has 0 fully saturated rings. The van der Waals surface area contributed by atoms with Crippen molar-refractivity contribution in [3.05, 3.63) is 510 Å². The quantitative estimate of drug-likeness (QED) is 0.126. The second kappa shape index (κ2) is 35.2. The summed E-state index contributed by atoms with van der Waals surface area (Å²) < 4.78 is 16.2. The third-order valence-electron chi connectivity index (χ3n) is 31.3. The predicted octanol–water partition coefficient (Wildman–Crippen LogP) is 44.6. The van der Waals surface area contributed by atoms with E-state index in [1.807, 2.05) is 68.0 Å². The molecule has 0 aliphatic carbocycles. The minimum atomic E-state index is 1.23. The van der Waals surface area contributed by atoms with Crippen LogP contribution in [0.4, 0.5) is 0 Å². The molecule has 0 atom stereocenters. The molecule has 0 nitrogen and oxygen atoms in total. The molecule has 27 aromatic carbocycles. The van der Waals surface area contributed by atoms with Crippen LogP contribution in [0.3, 0.4) is 0 Å². The van der Waals surface area contributed by atoms with E-state index in [9.17, 15) is 0 Å². The molecular formula is C144H84S6. The van der Waals surface area contributed by atoms with Gasteiger partial charge in [-0.05, 0) is 301 Å². The second-order valence-electron chi connectivity index (χ2n) is 39.7. The number of benzene rings is 27. The van der Waals surface area contributed by atoms with Crippen LogP contribution in [0.25, 0.3) is 318 Å². The molecule has 696 valence electrons. The molecule has 0 aliphatic heterocycles. The number of thiophene rings is 6. The zero-order chi connectivity index (χ0) is 98.3. The third kappa shape index (κ3) is 14.2. The molecule has 6 aromatic heterocycles. The van der Waals surface area contributed by atoms with Crippen molar-refractivity contribution in [2.24, 2.45) is 0 Å². The summed E-state index contributed by atoms with van der Waals surface area (Å²) in [6, 6.07) is 189. The van der Waals surface area contributed by atoms with Gasteiger partial charge in [-0.15, -0.1) is 68.0 Å². The summed E-state index contributed by atoms with van der Waals surface area (Å²) in [5.41, 5.74) is 22.7. The molecule has 0 saturated carbocycles. The maximum absolute atomic E-state index is 2.43. The zero-order valence-corrected chi connectivity index (χ0v) is 85.8. The lowest BCUT2D eigenvalue weighted by atomic mass is 9.86. The van der Waals surface area contributed by atoms with Crippen molar-refractivity contribution >= 4 is 286 Å². The van der Waals surface area contributed by atoms with Crippen LogP contribution < -0.4 is 0 Å². The van der Waals surface area contributed by atoms with Crippen LogP contribution in [-0.4, -0.2) is 0 Å². The van der Waals surface area contributed by atoms with E-state index in [1.165, 1.54) is 318 Å². The van der Waals surface area contributed by atoms with Crippen LogP contribution in [0, 0.1) is 0 Å². The minimum Gasteiger partial charge on any atom is -0.135 e. The lowest BCUT2D eigenvalue weighted by Crippen LogP contribution is -1.90. The van der Waals surface area contributed by atoms with E-state index in [4.69, 9.17) is 0 Å². The van der Waals surface area contributed by atoms with Gasteiger partial charge in [0.05, 0.1) is 0 Å². The van der Waals surface area contributed by atoms with Crippen LogP contribution in [0.5, 0.6) is 0 Å². The van der Waals surface area contributed by atoms with Crippen LogP contribution in [0.2, 0.25) is 0 Å². The summed E-state index contributed by atoms with van der Waals surface area (Å²) in [5, 5.41) is 39.5. The molecule has 6 heteroatoms. The molecule has 0 bridgehead atoms. The van der Waals surface area contributed by atoms with E-state index in [-0.39, 0.29) is 0 Å². The highest BCUT2D eigenvalue weighted by molar-refractivity contribution is 7.28. The molecule has 0 unspecified atom stereocenters. The summed E-state index contributed by atoms with van der Waals surface area (Å²) in [5.74, 6) is 0. The molecule has 0 spiro atoms. The van der Waals surface area contributed by atoms with Crippen LogP contribution in [0.15, 0.2) is 510 Å². The van der Waals surface area contributed by atoms with E-state index < -0.39 is 0 Å². The molecule has 0 N–H and O–H groups in total. The zero-order valence-electron chi connectivity index (χ0n) is 80.9. The Hall–Kier alpha value is -17.4. The first kappa shape index (κ1) is 86.9. The van der Waals surface area contributed by atoms with Gasteiger partial charge in [0.15, 0.2) is 0 Å². The van der Waals surface area contributed by atoms with Gasteiger partial charge in [0.2, 0.25) is 0 Å². The standard InChI is InChI=1S/3C48H28S2/c1-2-10-30(11-3-1)46-35-13-4-6-15-37(35)47(38-16-7-5-14-36(38)46)31-20-18-29(19-21-31)32-23-25-44-41(26-32)42-27-33-22-24-39-34-12-8-9-17-43(34)50-48(39)40(33)28-45(42)49-44;1-2-10-30(11-3-1)47-36-13-4-6-15-38(36)48(39-16-7-5-14-37(39)47)31-20-18-29(19-21-31)32-22-23-44-41(24-32)42-26-33-25-40-35-12-8-9-17-43(35)49-45(40)27-34(33)28-46(42)50-44;1-2-10-30(11-3-1)46-34-12-4-6-14-36(34)47(37-15-7-5-13-35(37)46)31-20-18-29(19-21-31)32-22-24-43-40(26-32)41-27-33-23-25-44-48(39(33)28-45(41)50-43)38-16-8-9-17-42(38)49-44/h3*1-28H. The Bertz CT molecular complexity index is 11000. The Morgan fingerprint density at radius 3 is 0.673 bits per heavy atom. The van der Waals surface area contributed by atoms with E-state index in [0.717, 1.165) is 0 Å². The lowest BCUT2D eigenvalue weighted by Gasteiger charge is -2.18. The average Bonchev–Trinajstić information content (AvgIpc) is 1.25. The Kier molecular flexibility index (Phi) is 20.4. The Morgan fingerprint density at radius 1 is 0.0933 bits per heavy atom. The van der Waals surface area contributed by atoms with E-state index in [2.05, 4.69) is 510 Å².